The molecule has 1 aromatic heterocycles. The number of aromatic nitrogens is 2. The van der Waals surface area contributed by atoms with E-state index in [2.05, 4.69) is 22.0 Å². The third-order valence-electron chi connectivity index (χ3n) is 3.27. The van der Waals surface area contributed by atoms with Crippen molar-refractivity contribution < 1.29 is 9.26 Å². The van der Waals surface area contributed by atoms with Crippen molar-refractivity contribution in [2.45, 2.75) is 19.6 Å². The summed E-state index contributed by atoms with van der Waals surface area (Å²) in [5.41, 5.74) is 0.791. The maximum atomic E-state index is 6.13. The van der Waals surface area contributed by atoms with Gasteiger partial charge in [-0.1, -0.05) is 28.9 Å². The fourth-order valence-corrected chi connectivity index (χ4v) is 2.52. The summed E-state index contributed by atoms with van der Waals surface area (Å²) >= 11 is 6.13. The summed E-state index contributed by atoms with van der Waals surface area (Å²) in [6, 6.07) is 7.48. The van der Waals surface area contributed by atoms with E-state index in [0.717, 1.165) is 25.3 Å². The van der Waals surface area contributed by atoms with Gasteiger partial charge in [-0.05, 0) is 19.1 Å². The van der Waals surface area contributed by atoms with Crippen LogP contribution in [0.1, 0.15) is 12.8 Å². The molecule has 20 heavy (non-hydrogen) atoms. The quantitative estimate of drug-likeness (QED) is 0.871. The molecule has 6 heteroatoms. The third-order valence-corrected chi connectivity index (χ3v) is 3.60. The summed E-state index contributed by atoms with van der Waals surface area (Å²) in [6.45, 7) is 5.21. The van der Waals surface area contributed by atoms with Crippen molar-refractivity contribution in [2.24, 2.45) is 0 Å². The van der Waals surface area contributed by atoms with Crippen molar-refractivity contribution in [3.05, 3.63) is 35.2 Å². The van der Waals surface area contributed by atoms with Crippen LogP contribution in [-0.4, -0.2) is 40.8 Å². The number of hydrogen-bond acceptors (Lipinski definition) is 5. The van der Waals surface area contributed by atoms with Gasteiger partial charge < -0.3 is 9.26 Å². The second-order valence-electron chi connectivity index (χ2n) is 4.91. The first kappa shape index (κ1) is 13.5. The van der Waals surface area contributed by atoms with E-state index in [9.17, 15) is 0 Å². The molecular formula is C14H16ClN3O2. The second kappa shape index (κ2) is 5.91. The highest BCUT2D eigenvalue weighted by Crippen LogP contribution is 2.25. The summed E-state index contributed by atoms with van der Waals surface area (Å²) in [5.74, 6) is 1.14. The highest BCUT2D eigenvalue weighted by Gasteiger charge is 2.19. The molecule has 0 amide bonds. The van der Waals surface area contributed by atoms with E-state index in [4.69, 9.17) is 20.9 Å². The van der Waals surface area contributed by atoms with Gasteiger partial charge in [0.2, 0.25) is 11.7 Å². The predicted octanol–water partition coefficient (Wildman–Crippen LogP) is 2.61. The Hall–Kier alpha value is -1.43. The fraction of sp³-hybridized carbons (Fsp3) is 0.429. The largest absolute Gasteiger partial charge is 0.376 e. The number of benzene rings is 1. The lowest BCUT2D eigenvalue weighted by Crippen LogP contribution is -2.40. The van der Waals surface area contributed by atoms with Gasteiger partial charge in [0.25, 0.3) is 0 Å². The number of ether oxygens (including phenoxy) is 1. The van der Waals surface area contributed by atoms with E-state index in [1.807, 2.05) is 24.3 Å². The summed E-state index contributed by atoms with van der Waals surface area (Å²) in [6.07, 6.45) is 0.245. The predicted molar refractivity (Wildman–Crippen MR) is 75.4 cm³/mol. The Balaban J connectivity index is 1.72. The van der Waals surface area contributed by atoms with Gasteiger partial charge in [-0.15, -0.1) is 0 Å². The SMILES string of the molecule is CC1CN(Cc2nc(-c3ccccc3Cl)no2)CCO1. The van der Waals surface area contributed by atoms with Gasteiger partial charge >= 0.3 is 0 Å². The highest BCUT2D eigenvalue weighted by atomic mass is 35.5. The molecule has 2 heterocycles. The molecule has 0 radical (unpaired) electrons. The highest BCUT2D eigenvalue weighted by molar-refractivity contribution is 6.33. The molecular weight excluding hydrogens is 278 g/mol. The van der Waals surface area contributed by atoms with Gasteiger partial charge in [0, 0.05) is 18.7 Å². The van der Waals surface area contributed by atoms with Crippen molar-refractivity contribution in [1.82, 2.24) is 15.0 Å². The molecule has 1 aliphatic heterocycles. The molecule has 0 aliphatic carbocycles. The average molecular weight is 294 g/mol. The van der Waals surface area contributed by atoms with Gasteiger partial charge in [-0.2, -0.15) is 4.98 Å². The van der Waals surface area contributed by atoms with Gasteiger partial charge in [-0.25, -0.2) is 0 Å². The molecule has 0 bridgehead atoms. The topological polar surface area (TPSA) is 51.4 Å². The number of hydrogen-bond donors (Lipinski definition) is 0. The molecule has 1 atom stereocenters. The first-order valence-corrected chi connectivity index (χ1v) is 7.01. The second-order valence-corrected chi connectivity index (χ2v) is 5.32. The van der Waals surface area contributed by atoms with E-state index in [0.29, 0.717) is 23.3 Å². The Bertz CT molecular complexity index is 587. The lowest BCUT2D eigenvalue weighted by atomic mass is 10.2. The number of halogens is 1. The van der Waals surface area contributed by atoms with E-state index < -0.39 is 0 Å². The maximum absolute atomic E-state index is 6.13. The van der Waals surface area contributed by atoms with Crippen molar-refractivity contribution in [2.75, 3.05) is 19.7 Å². The molecule has 2 aromatic rings. The van der Waals surface area contributed by atoms with Gasteiger partial charge in [-0.3, -0.25) is 4.90 Å². The Morgan fingerprint density at radius 3 is 3.05 bits per heavy atom. The molecule has 0 saturated carbocycles. The van der Waals surface area contributed by atoms with E-state index in [-0.39, 0.29) is 6.10 Å². The van der Waals surface area contributed by atoms with Crippen LogP contribution in [0, 0.1) is 0 Å². The smallest absolute Gasteiger partial charge is 0.241 e. The molecule has 0 N–H and O–H groups in total. The van der Waals surface area contributed by atoms with Crippen LogP contribution in [-0.2, 0) is 11.3 Å². The summed E-state index contributed by atoms with van der Waals surface area (Å²) in [7, 11) is 0. The van der Waals surface area contributed by atoms with Crippen molar-refractivity contribution >= 4 is 11.6 Å². The van der Waals surface area contributed by atoms with Crippen LogP contribution in [0.5, 0.6) is 0 Å². The zero-order valence-corrected chi connectivity index (χ0v) is 12.0. The maximum Gasteiger partial charge on any atom is 0.241 e. The van der Waals surface area contributed by atoms with E-state index in [1.54, 1.807) is 0 Å². The molecule has 1 aliphatic rings. The van der Waals surface area contributed by atoms with Crippen LogP contribution in [0.4, 0.5) is 0 Å². The molecule has 1 saturated heterocycles. The third kappa shape index (κ3) is 3.00. The van der Waals surface area contributed by atoms with Crippen molar-refractivity contribution in [3.63, 3.8) is 0 Å². The monoisotopic (exact) mass is 293 g/mol. The van der Waals surface area contributed by atoms with Crippen LogP contribution in [0.3, 0.4) is 0 Å². The zero-order chi connectivity index (χ0) is 13.9. The lowest BCUT2D eigenvalue weighted by molar-refractivity contribution is -0.0240. The number of rotatable bonds is 3. The molecule has 106 valence electrons. The minimum absolute atomic E-state index is 0.245. The van der Waals surface area contributed by atoms with Crippen LogP contribution in [0.15, 0.2) is 28.8 Å². The Morgan fingerprint density at radius 1 is 1.40 bits per heavy atom. The van der Waals surface area contributed by atoms with Gasteiger partial charge in [0.05, 0.1) is 24.3 Å². The Morgan fingerprint density at radius 2 is 2.25 bits per heavy atom. The average Bonchev–Trinajstić information content (AvgIpc) is 2.87. The first-order chi connectivity index (χ1) is 9.72. The summed E-state index contributed by atoms with van der Waals surface area (Å²) < 4.78 is 10.8. The first-order valence-electron chi connectivity index (χ1n) is 6.64. The Kier molecular flexibility index (Phi) is 4.00. The lowest BCUT2D eigenvalue weighted by Gasteiger charge is -2.29. The van der Waals surface area contributed by atoms with Crippen LogP contribution in [0.25, 0.3) is 11.4 Å². The molecule has 1 unspecified atom stereocenters. The van der Waals surface area contributed by atoms with Crippen LogP contribution < -0.4 is 0 Å². The molecule has 1 fully saturated rings. The summed E-state index contributed by atoms with van der Waals surface area (Å²) in [5, 5.41) is 4.63. The van der Waals surface area contributed by atoms with Gasteiger partial charge in [0.1, 0.15) is 0 Å². The number of nitrogens with zero attached hydrogens (tertiary/aromatic N) is 3. The van der Waals surface area contributed by atoms with E-state index >= 15 is 0 Å². The summed E-state index contributed by atoms with van der Waals surface area (Å²) in [4.78, 5) is 6.66. The van der Waals surface area contributed by atoms with Gasteiger partial charge in [0.15, 0.2) is 0 Å². The molecule has 1 aromatic carbocycles. The van der Waals surface area contributed by atoms with Crippen molar-refractivity contribution in [3.8, 4) is 11.4 Å². The minimum Gasteiger partial charge on any atom is -0.376 e. The van der Waals surface area contributed by atoms with Crippen LogP contribution in [0.2, 0.25) is 5.02 Å². The van der Waals surface area contributed by atoms with Crippen LogP contribution >= 0.6 is 11.6 Å². The zero-order valence-electron chi connectivity index (χ0n) is 11.3. The molecule has 0 spiro atoms. The minimum atomic E-state index is 0.245. The van der Waals surface area contributed by atoms with Crippen molar-refractivity contribution in [1.29, 1.82) is 0 Å². The standard InChI is InChI=1S/C14H16ClN3O2/c1-10-8-18(6-7-19-10)9-13-16-14(17-20-13)11-4-2-3-5-12(11)15/h2-5,10H,6-9H2,1H3. The molecule has 5 nitrogen and oxygen atoms in total. The van der Waals surface area contributed by atoms with E-state index in [1.165, 1.54) is 0 Å². The number of morpholine rings is 1. The Labute approximate surface area is 122 Å². The normalized spacial score (nSPS) is 20.2. The molecule has 3 rings (SSSR count). The fourth-order valence-electron chi connectivity index (χ4n) is 2.30.